The van der Waals surface area contributed by atoms with Gasteiger partial charge in [-0.1, -0.05) is 6.08 Å². The number of nitrogens with zero attached hydrogens (tertiary/aromatic N) is 1. The summed E-state index contributed by atoms with van der Waals surface area (Å²) in [6, 6.07) is 0. The maximum atomic E-state index is 12.3. The molecule has 0 aromatic heterocycles. The molecule has 0 radical (unpaired) electrons. The van der Waals surface area contributed by atoms with Crippen molar-refractivity contribution in [3.05, 3.63) is 23.5 Å². The van der Waals surface area contributed by atoms with Gasteiger partial charge in [0.2, 0.25) is 0 Å². The van der Waals surface area contributed by atoms with Crippen LogP contribution in [0.25, 0.3) is 0 Å². The lowest BCUT2D eigenvalue weighted by Crippen LogP contribution is -2.37. The van der Waals surface area contributed by atoms with Gasteiger partial charge in [0, 0.05) is 30.9 Å². The van der Waals surface area contributed by atoms with Crippen molar-refractivity contribution in [2.75, 3.05) is 13.6 Å². The van der Waals surface area contributed by atoms with Crippen LogP contribution in [-0.4, -0.2) is 32.4 Å². The van der Waals surface area contributed by atoms with Crippen LogP contribution in [0.2, 0.25) is 0 Å². The standard InChI is InChI=1S/C11H15F3N2O2S/c1-16-6-2-3-8-4-5-9(7-10(8)16)15-19(17,18)11(12,13)14/h5,7-8,15H,2-4,6H2,1H3. The summed E-state index contributed by atoms with van der Waals surface area (Å²) < 4.78 is 60.5. The number of rotatable bonds is 2. The number of nitrogens with one attached hydrogen (secondary N) is 1. The average molecular weight is 296 g/mol. The van der Waals surface area contributed by atoms with E-state index in [9.17, 15) is 21.6 Å². The molecule has 19 heavy (non-hydrogen) atoms. The van der Waals surface area contributed by atoms with Gasteiger partial charge in [-0.15, -0.1) is 0 Å². The normalized spacial score (nSPS) is 24.4. The largest absolute Gasteiger partial charge is 0.516 e. The summed E-state index contributed by atoms with van der Waals surface area (Å²) in [6.45, 7) is 0.835. The van der Waals surface area contributed by atoms with E-state index in [2.05, 4.69) is 0 Å². The molecule has 1 aliphatic heterocycles. The minimum atomic E-state index is -5.33. The predicted molar refractivity (Wildman–Crippen MR) is 64.2 cm³/mol. The Hall–Kier alpha value is -1.18. The summed E-state index contributed by atoms with van der Waals surface area (Å²) in [7, 11) is -3.47. The second kappa shape index (κ2) is 4.73. The van der Waals surface area contributed by atoms with Gasteiger partial charge >= 0.3 is 15.5 Å². The summed E-state index contributed by atoms with van der Waals surface area (Å²) in [5, 5.41) is 0. The molecular formula is C11H15F3N2O2S. The molecule has 1 atom stereocenters. The summed E-state index contributed by atoms with van der Waals surface area (Å²) in [4.78, 5) is 1.96. The second-order valence-electron chi connectivity index (χ2n) is 4.78. The van der Waals surface area contributed by atoms with E-state index < -0.39 is 15.5 Å². The average Bonchev–Trinajstić information content (AvgIpc) is 2.28. The first-order valence-corrected chi connectivity index (χ1v) is 7.41. The third-order valence-corrected chi connectivity index (χ3v) is 4.50. The van der Waals surface area contributed by atoms with Crippen molar-refractivity contribution in [1.29, 1.82) is 0 Å². The van der Waals surface area contributed by atoms with Crippen molar-refractivity contribution >= 4 is 10.0 Å². The van der Waals surface area contributed by atoms with Gasteiger partial charge in [-0.25, -0.2) is 0 Å². The Balaban J connectivity index is 2.18. The van der Waals surface area contributed by atoms with Crippen LogP contribution < -0.4 is 4.72 Å². The smallest absolute Gasteiger partial charge is 0.378 e. The number of allylic oxidation sites excluding steroid dienone is 3. The lowest BCUT2D eigenvalue weighted by atomic mass is 9.87. The Morgan fingerprint density at radius 1 is 1.42 bits per heavy atom. The van der Waals surface area contributed by atoms with Gasteiger partial charge in [0.25, 0.3) is 0 Å². The van der Waals surface area contributed by atoms with Crippen LogP contribution in [0.4, 0.5) is 13.2 Å². The van der Waals surface area contributed by atoms with Gasteiger partial charge in [0.1, 0.15) is 0 Å². The zero-order chi connectivity index (χ0) is 14.3. The van der Waals surface area contributed by atoms with Crippen LogP contribution in [0.15, 0.2) is 23.5 Å². The Morgan fingerprint density at radius 2 is 2.11 bits per heavy atom. The molecule has 0 aromatic rings. The van der Waals surface area contributed by atoms with E-state index in [1.54, 1.807) is 4.72 Å². The first-order chi connectivity index (χ1) is 8.71. The van der Waals surface area contributed by atoms with Crippen molar-refractivity contribution < 1.29 is 21.6 Å². The summed E-state index contributed by atoms with van der Waals surface area (Å²) in [6.07, 6.45) is 5.58. The van der Waals surface area contributed by atoms with Crippen molar-refractivity contribution in [2.45, 2.75) is 24.8 Å². The highest BCUT2D eigenvalue weighted by molar-refractivity contribution is 7.90. The Bertz CT molecular complexity index is 523. The van der Waals surface area contributed by atoms with Crippen LogP contribution in [0.3, 0.4) is 0 Å². The predicted octanol–water partition coefficient (Wildman–Crippen LogP) is 1.94. The highest BCUT2D eigenvalue weighted by Crippen LogP contribution is 2.33. The van der Waals surface area contributed by atoms with E-state index in [1.807, 2.05) is 11.9 Å². The van der Waals surface area contributed by atoms with Gasteiger partial charge in [-0.05, 0) is 25.3 Å². The molecule has 2 rings (SSSR count). The fraction of sp³-hybridized carbons (Fsp3) is 0.636. The molecule has 1 fully saturated rings. The van der Waals surface area contributed by atoms with Crippen LogP contribution >= 0.6 is 0 Å². The fourth-order valence-corrected chi connectivity index (χ4v) is 2.97. The van der Waals surface area contributed by atoms with Gasteiger partial charge in [-0.2, -0.15) is 21.6 Å². The Kier molecular flexibility index (Phi) is 3.55. The molecule has 0 spiro atoms. The lowest BCUT2D eigenvalue weighted by Gasteiger charge is -2.36. The van der Waals surface area contributed by atoms with Crippen LogP contribution in [0, 0.1) is 5.92 Å². The Morgan fingerprint density at radius 3 is 2.74 bits per heavy atom. The first kappa shape index (κ1) is 14.2. The molecule has 4 nitrogen and oxygen atoms in total. The number of sulfonamides is 1. The second-order valence-corrected chi connectivity index (χ2v) is 6.45. The molecule has 1 unspecified atom stereocenters. The van der Waals surface area contributed by atoms with E-state index >= 15 is 0 Å². The van der Waals surface area contributed by atoms with Gasteiger partial charge in [0.15, 0.2) is 0 Å². The monoisotopic (exact) mass is 296 g/mol. The lowest BCUT2D eigenvalue weighted by molar-refractivity contribution is -0.0444. The van der Waals surface area contributed by atoms with Crippen molar-refractivity contribution in [3.8, 4) is 0 Å². The molecule has 0 saturated carbocycles. The fourth-order valence-electron chi connectivity index (χ4n) is 2.40. The molecule has 1 saturated heterocycles. The van der Waals surface area contributed by atoms with Crippen molar-refractivity contribution in [2.24, 2.45) is 5.92 Å². The molecule has 1 N–H and O–H groups in total. The number of fused-ring (bicyclic) bond motifs is 1. The number of hydrogen-bond acceptors (Lipinski definition) is 3. The first-order valence-electron chi connectivity index (χ1n) is 5.93. The highest BCUT2D eigenvalue weighted by Gasteiger charge is 2.46. The molecule has 0 bridgehead atoms. The molecule has 1 heterocycles. The third-order valence-electron chi connectivity index (χ3n) is 3.39. The number of halogens is 3. The van der Waals surface area contributed by atoms with E-state index in [0.29, 0.717) is 6.42 Å². The van der Waals surface area contributed by atoms with Gasteiger partial charge in [-0.3, -0.25) is 4.72 Å². The summed E-state index contributed by atoms with van der Waals surface area (Å²) in [5.74, 6) is 0.276. The quantitative estimate of drug-likeness (QED) is 0.847. The van der Waals surface area contributed by atoms with Crippen molar-refractivity contribution in [1.82, 2.24) is 9.62 Å². The van der Waals surface area contributed by atoms with Crippen molar-refractivity contribution in [3.63, 3.8) is 0 Å². The van der Waals surface area contributed by atoms with E-state index in [0.717, 1.165) is 25.1 Å². The number of likely N-dealkylation sites (tertiary alicyclic amines) is 1. The summed E-state index contributed by atoms with van der Waals surface area (Å²) in [5.41, 5.74) is -4.40. The minimum Gasteiger partial charge on any atom is -0.378 e. The molecule has 0 amide bonds. The zero-order valence-electron chi connectivity index (χ0n) is 10.4. The maximum Gasteiger partial charge on any atom is 0.516 e. The molecular weight excluding hydrogens is 281 g/mol. The van der Waals surface area contributed by atoms with Crippen LogP contribution in [0.5, 0.6) is 0 Å². The molecule has 2 aliphatic rings. The highest BCUT2D eigenvalue weighted by atomic mass is 32.2. The van der Waals surface area contributed by atoms with Crippen LogP contribution in [0.1, 0.15) is 19.3 Å². The number of piperidine rings is 1. The number of alkyl halides is 3. The SMILES string of the molecule is CN1CCCC2CC=C(NS(=O)(=O)C(F)(F)F)C=C21. The topological polar surface area (TPSA) is 49.4 Å². The summed E-state index contributed by atoms with van der Waals surface area (Å²) >= 11 is 0. The van der Waals surface area contributed by atoms with Crippen LogP contribution in [-0.2, 0) is 10.0 Å². The Labute approximate surface area is 110 Å². The van der Waals surface area contributed by atoms with E-state index in [1.165, 1.54) is 12.2 Å². The number of hydrogen-bond donors (Lipinski definition) is 1. The van der Waals surface area contributed by atoms with E-state index in [-0.39, 0.29) is 11.6 Å². The molecule has 8 heteroatoms. The molecule has 1 aliphatic carbocycles. The minimum absolute atomic E-state index is 0.00248. The van der Waals surface area contributed by atoms with Gasteiger partial charge < -0.3 is 4.90 Å². The van der Waals surface area contributed by atoms with E-state index in [4.69, 9.17) is 0 Å². The van der Waals surface area contributed by atoms with Gasteiger partial charge in [0.05, 0.1) is 0 Å². The zero-order valence-corrected chi connectivity index (χ0v) is 11.2. The third kappa shape index (κ3) is 2.88. The maximum absolute atomic E-state index is 12.3. The molecule has 0 aromatic carbocycles. The molecule has 108 valence electrons.